The molecule has 8 heteroatoms. The standard InChI is InChI=1S/C15H11N3O3S2/c19-12(20)8-18-14(21)11(23-15(18)22)6-10-7-16-17-13(10)9-4-2-1-3-5-9/h1-7,21H,8H2,(H,19,20)/p-1/b10-6+. The number of aliphatic carboxylic acids is 1. The number of carboxylic acids is 1. The highest BCUT2D eigenvalue weighted by Crippen LogP contribution is 2.29. The summed E-state index contributed by atoms with van der Waals surface area (Å²) in [6, 6.07) is 9.51. The van der Waals surface area contributed by atoms with E-state index < -0.39 is 12.5 Å². The molecule has 3 rings (SSSR count). The topological polar surface area (TPSA) is 90.0 Å². The van der Waals surface area contributed by atoms with Gasteiger partial charge in [0.2, 0.25) is 5.88 Å². The van der Waals surface area contributed by atoms with Crippen molar-refractivity contribution in [2.75, 3.05) is 0 Å². The lowest BCUT2D eigenvalue weighted by molar-refractivity contribution is -0.306. The van der Waals surface area contributed by atoms with Crippen LogP contribution in [-0.4, -0.2) is 27.6 Å². The summed E-state index contributed by atoms with van der Waals surface area (Å²) in [5.74, 6) is -1.52. The van der Waals surface area contributed by atoms with Gasteiger partial charge in [-0.2, -0.15) is 5.10 Å². The van der Waals surface area contributed by atoms with Gasteiger partial charge in [0, 0.05) is 11.1 Å². The third-order valence-corrected chi connectivity index (χ3v) is 4.53. The lowest BCUT2D eigenvalue weighted by Gasteiger charge is -2.05. The minimum absolute atomic E-state index is 0.204. The van der Waals surface area contributed by atoms with Crippen LogP contribution in [0.1, 0.15) is 10.4 Å². The molecule has 0 unspecified atom stereocenters. The van der Waals surface area contributed by atoms with Gasteiger partial charge in [-0.1, -0.05) is 30.3 Å². The van der Waals surface area contributed by atoms with Crippen molar-refractivity contribution in [2.45, 2.75) is 6.54 Å². The van der Waals surface area contributed by atoms with Crippen molar-refractivity contribution >= 4 is 47.5 Å². The first kappa shape index (κ1) is 15.3. The Morgan fingerprint density at radius 1 is 1.39 bits per heavy atom. The average Bonchev–Trinajstić information content (AvgIpc) is 3.09. The molecule has 1 aromatic carbocycles. The Morgan fingerprint density at radius 2 is 2.13 bits per heavy atom. The zero-order valence-corrected chi connectivity index (χ0v) is 13.3. The van der Waals surface area contributed by atoms with Crippen LogP contribution in [0.25, 0.3) is 6.08 Å². The van der Waals surface area contributed by atoms with Gasteiger partial charge < -0.3 is 15.0 Å². The summed E-state index contributed by atoms with van der Waals surface area (Å²) in [4.78, 5) is 11.2. The highest BCUT2D eigenvalue weighted by Gasteiger charge is 2.16. The molecule has 6 nitrogen and oxygen atoms in total. The van der Waals surface area contributed by atoms with Crippen molar-refractivity contribution in [3.63, 3.8) is 0 Å². The summed E-state index contributed by atoms with van der Waals surface area (Å²) in [5, 5.41) is 28.9. The number of carbonyl (C=O) groups is 1. The Kier molecular flexibility index (Phi) is 4.18. The van der Waals surface area contributed by atoms with Crippen molar-refractivity contribution in [1.82, 2.24) is 4.57 Å². The zero-order valence-electron chi connectivity index (χ0n) is 11.7. The van der Waals surface area contributed by atoms with Crippen molar-refractivity contribution in [1.29, 1.82) is 0 Å². The molecular weight excluding hydrogens is 334 g/mol. The number of hydrogen-bond donors (Lipinski definition) is 1. The number of nitrogens with zero attached hydrogens (tertiary/aromatic N) is 3. The van der Waals surface area contributed by atoms with Crippen LogP contribution in [-0.2, 0) is 11.3 Å². The SMILES string of the molecule is O=C([O-])Cn1c(O)c(/C=C2\C=NN=C2c2ccccc2)sc1=S. The number of aromatic nitrogens is 1. The molecule has 2 heterocycles. The highest BCUT2D eigenvalue weighted by atomic mass is 32.1. The van der Waals surface area contributed by atoms with Crippen LogP contribution >= 0.6 is 23.6 Å². The number of carboxylic acid groups (broad SMARTS) is 1. The number of benzene rings is 1. The van der Waals surface area contributed by atoms with Crippen molar-refractivity contribution in [3.8, 4) is 5.88 Å². The fraction of sp³-hybridized carbons (Fsp3) is 0.0667. The summed E-state index contributed by atoms with van der Waals surface area (Å²) in [5.41, 5.74) is 2.28. The van der Waals surface area contributed by atoms with E-state index in [1.807, 2.05) is 30.3 Å². The van der Waals surface area contributed by atoms with E-state index in [2.05, 4.69) is 10.2 Å². The normalized spacial score (nSPS) is 15.1. The maximum absolute atomic E-state index is 10.7. The molecule has 1 aliphatic rings. The van der Waals surface area contributed by atoms with E-state index in [1.165, 1.54) is 0 Å². The van der Waals surface area contributed by atoms with E-state index in [0.717, 1.165) is 21.5 Å². The molecule has 0 saturated heterocycles. The third-order valence-electron chi connectivity index (χ3n) is 3.14. The molecule has 0 amide bonds. The molecule has 0 saturated carbocycles. The largest absolute Gasteiger partial charge is 0.548 e. The first-order valence-electron chi connectivity index (χ1n) is 6.57. The second-order valence-electron chi connectivity index (χ2n) is 4.67. The van der Waals surface area contributed by atoms with E-state index in [4.69, 9.17) is 12.2 Å². The molecule has 116 valence electrons. The number of rotatable bonds is 4. The second-order valence-corrected chi connectivity index (χ2v) is 6.35. The van der Waals surface area contributed by atoms with Gasteiger partial charge in [-0.15, -0.1) is 16.4 Å². The molecule has 1 aliphatic heterocycles. The molecule has 0 bridgehead atoms. The summed E-state index contributed by atoms with van der Waals surface area (Å²) >= 11 is 6.19. The molecule has 0 spiro atoms. The van der Waals surface area contributed by atoms with Gasteiger partial charge >= 0.3 is 0 Å². The molecular formula is C15H10N3O3S2-. The minimum Gasteiger partial charge on any atom is -0.548 e. The predicted octanol–water partition coefficient (Wildman–Crippen LogP) is 1.61. The first-order chi connectivity index (χ1) is 11.1. The molecule has 0 atom stereocenters. The van der Waals surface area contributed by atoms with Gasteiger partial charge in [0.05, 0.1) is 23.6 Å². The van der Waals surface area contributed by atoms with Crippen molar-refractivity contribution in [2.24, 2.45) is 10.2 Å². The van der Waals surface area contributed by atoms with Gasteiger partial charge in [-0.3, -0.25) is 4.57 Å². The number of hydrogen-bond acceptors (Lipinski definition) is 7. The maximum atomic E-state index is 10.7. The Balaban J connectivity index is 1.99. The lowest BCUT2D eigenvalue weighted by Crippen LogP contribution is -2.27. The Labute approximate surface area is 140 Å². The van der Waals surface area contributed by atoms with Gasteiger partial charge in [0.1, 0.15) is 5.71 Å². The highest BCUT2D eigenvalue weighted by molar-refractivity contribution is 7.73. The van der Waals surface area contributed by atoms with E-state index in [-0.39, 0.29) is 9.83 Å². The third kappa shape index (κ3) is 3.13. The second kappa shape index (κ2) is 6.27. The van der Waals surface area contributed by atoms with Crippen LogP contribution < -0.4 is 5.11 Å². The Morgan fingerprint density at radius 3 is 2.83 bits per heavy atom. The summed E-state index contributed by atoms with van der Waals surface area (Å²) in [6.45, 7) is -0.488. The van der Waals surface area contributed by atoms with Crippen LogP contribution in [0.5, 0.6) is 5.88 Å². The predicted molar refractivity (Wildman–Crippen MR) is 89.3 cm³/mol. The van der Waals surface area contributed by atoms with Gasteiger partial charge in [-0.25, -0.2) is 0 Å². The summed E-state index contributed by atoms with van der Waals surface area (Å²) in [7, 11) is 0. The zero-order chi connectivity index (χ0) is 16.4. The van der Waals surface area contributed by atoms with Crippen LogP contribution in [0.15, 0.2) is 46.1 Å². The Bertz CT molecular complexity index is 908. The fourth-order valence-corrected chi connectivity index (χ4v) is 3.37. The quantitative estimate of drug-likeness (QED) is 0.853. The minimum atomic E-state index is -1.32. The van der Waals surface area contributed by atoms with Crippen molar-refractivity contribution < 1.29 is 15.0 Å². The Hall–Kier alpha value is -2.58. The smallest absolute Gasteiger partial charge is 0.211 e. The molecule has 2 aromatic rings. The number of allylic oxidation sites excluding steroid dienone is 1. The lowest BCUT2D eigenvalue weighted by atomic mass is 10.0. The number of aromatic hydroxyl groups is 1. The van der Waals surface area contributed by atoms with E-state index >= 15 is 0 Å². The van der Waals surface area contributed by atoms with E-state index in [9.17, 15) is 15.0 Å². The summed E-state index contributed by atoms with van der Waals surface area (Å²) < 4.78 is 1.37. The van der Waals surface area contributed by atoms with Crippen molar-refractivity contribution in [3.05, 3.63) is 50.3 Å². The van der Waals surface area contributed by atoms with Gasteiger partial charge in [-0.05, 0) is 18.3 Å². The van der Waals surface area contributed by atoms with Crippen LogP contribution in [0.2, 0.25) is 0 Å². The van der Waals surface area contributed by atoms with Gasteiger partial charge in [0.15, 0.2) is 3.95 Å². The average molecular weight is 344 g/mol. The number of carbonyl (C=O) groups excluding carboxylic acids is 1. The van der Waals surface area contributed by atoms with Gasteiger partial charge in [0.25, 0.3) is 0 Å². The van der Waals surface area contributed by atoms with Crippen LogP contribution in [0, 0.1) is 3.95 Å². The van der Waals surface area contributed by atoms with Crippen LogP contribution in [0.4, 0.5) is 0 Å². The molecule has 0 fully saturated rings. The molecule has 0 aliphatic carbocycles. The summed E-state index contributed by atoms with van der Waals surface area (Å²) in [6.07, 6.45) is 3.26. The fourth-order valence-electron chi connectivity index (χ4n) is 2.11. The first-order valence-corrected chi connectivity index (χ1v) is 7.79. The molecule has 1 N–H and O–H groups in total. The molecule has 1 aromatic heterocycles. The molecule has 23 heavy (non-hydrogen) atoms. The maximum Gasteiger partial charge on any atom is 0.211 e. The van der Waals surface area contributed by atoms with E-state index in [1.54, 1.807) is 12.3 Å². The number of thiazole rings is 1. The van der Waals surface area contributed by atoms with Crippen LogP contribution in [0.3, 0.4) is 0 Å². The molecule has 0 radical (unpaired) electrons. The monoisotopic (exact) mass is 344 g/mol. The van der Waals surface area contributed by atoms with E-state index in [0.29, 0.717) is 16.2 Å².